The van der Waals surface area contributed by atoms with E-state index in [2.05, 4.69) is 29.1 Å². The second-order valence-electron chi connectivity index (χ2n) is 10.4. The van der Waals surface area contributed by atoms with Gasteiger partial charge in [-0.1, -0.05) is 46.3 Å². The minimum Gasteiger partial charge on any atom is -0.394 e. The van der Waals surface area contributed by atoms with E-state index in [1.54, 1.807) is 28.9 Å². The van der Waals surface area contributed by atoms with Crippen LogP contribution >= 0.6 is 15.9 Å². The standard InChI is InChI=1S/C28H36BrN3O5/c1-6-13-30(17(3)4)27(36)24-28-15-20(29)23(37-28)21(22(28)26(35)32(24)18(5)16-33)25(34)31(14-7-2)19-11-9-8-10-12-19/h6-12,17-18,20-24,33H,1-2,13-16H2,3-5H3/t18-,20?,21+,22+,23+,24?,28?/m1/s1. The number of benzene rings is 1. The Kier molecular flexibility index (Phi) is 7.97. The van der Waals surface area contributed by atoms with E-state index < -0.39 is 35.6 Å². The molecule has 1 aromatic rings. The van der Waals surface area contributed by atoms with Crippen molar-refractivity contribution in [1.29, 1.82) is 0 Å². The Hall–Kier alpha value is -2.49. The number of para-hydroxylation sites is 1. The Bertz CT molecular complexity index is 1070. The molecule has 200 valence electrons. The molecule has 3 aliphatic heterocycles. The van der Waals surface area contributed by atoms with Gasteiger partial charge in [0, 0.05) is 29.6 Å². The third kappa shape index (κ3) is 4.34. The van der Waals surface area contributed by atoms with Crippen molar-refractivity contribution in [2.24, 2.45) is 11.8 Å². The van der Waals surface area contributed by atoms with Crippen molar-refractivity contribution in [1.82, 2.24) is 9.80 Å². The van der Waals surface area contributed by atoms with Crippen molar-refractivity contribution < 1.29 is 24.2 Å². The predicted octanol–water partition coefficient (Wildman–Crippen LogP) is 2.76. The van der Waals surface area contributed by atoms with E-state index in [9.17, 15) is 19.5 Å². The average Bonchev–Trinajstić information content (AvgIpc) is 3.48. The molecule has 37 heavy (non-hydrogen) atoms. The maximum absolute atomic E-state index is 14.2. The van der Waals surface area contributed by atoms with Crippen molar-refractivity contribution in [3.05, 3.63) is 55.6 Å². The first-order valence-corrected chi connectivity index (χ1v) is 13.7. The largest absolute Gasteiger partial charge is 0.394 e. The highest BCUT2D eigenvalue weighted by Gasteiger charge is 2.77. The zero-order chi connectivity index (χ0) is 27.1. The molecule has 3 unspecified atom stereocenters. The van der Waals surface area contributed by atoms with Gasteiger partial charge in [-0.15, -0.1) is 13.2 Å². The van der Waals surface area contributed by atoms with Gasteiger partial charge in [0.25, 0.3) is 0 Å². The van der Waals surface area contributed by atoms with Crippen LogP contribution in [0.2, 0.25) is 0 Å². The van der Waals surface area contributed by atoms with Gasteiger partial charge in [0.05, 0.1) is 30.6 Å². The molecule has 3 saturated heterocycles. The van der Waals surface area contributed by atoms with Gasteiger partial charge >= 0.3 is 0 Å². The molecule has 8 nitrogen and oxygen atoms in total. The van der Waals surface area contributed by atoms with Crippen LogP contribution in [0.3, 0.4) is 0 Å². The first-order valence-electron chi connectivity index (χ1n) is 12.8. The van der Waals surface area contributed by atoms with Crippen molar-refractivity contribution in [3.8, 4) is 0 Å². The number of rotatable bonds is 10. The van der Waals surface area contributed by atoms with Crippen LogP contribution in [0.1, 0.15) is 27.2 Å². The Morgan fingerprint density at radius 3 is 2.41 bits per heavy atom. The Morgan fingerprint density at radius 2 is 1.84 bits per heavy atom. The molecule has 3 amide bonds. The van der Waals surface area contributed by atoms with Crippen LogP contribution in [-0.2, 0) is 19.1 Å². The third-order valence-electron chi connectivity index (χ3n) is 7.86. The number of carbonyl (C=O) groups is 3. The lowest BCUT2D eigenvalue weighted by Gasteiger charge is -2.39. The average molecular weight is 575 g/mol. The number of aliphatic hydroxyl groups excluding tert-OH is 1. The summed E-state index contributed by atoms with van der Waals surface area (Å²) in [6.07, 6.45) is 3.16. The molecular weight excluding hydrogens is 538 g/mol. The minimum absolute atomic E-state index is 0.140. The maximum atomic E-state index is 14.2. The number of anilines is 1. The lowest BCUT2D eigenvalue weighted by molar-refractivity contribution is -0.151. The number of hydrogen-bond acceptors (Lipinski definition) is 5. The first-order chi connectivity index (χ1) is 17.6. The zero-order valence-corrected chi connectivity index (χ0v) is 23.2. The van der Waals surface area contributed by atoms with E-state index in [-0.39, 0.29) is 41.7 Å². The lowest BCUT2D eigenvalue weighted by Crippen LogP contribution is -2.59. The van der Waals surface area contributed by atoms with Gasteiger partial charge in [0.1, 0.15) is 11.6 Å². The molecule has 3 fully saturated rings. The van der Waals surface area contributed by atoms with E-state index in [0.29, 0.717) is 18.7 Å². The van der Waals surface area contributed by atoms with Gasteiger partial charge in [0.2, 0.25) is 17.7 Å². The quantitative estimate of drug-likeness (QED) is 0.343. The number of aliphatic hydroxyl groups is 1. The van der Waals surface area contributed by atoms with Crippen molar-refractivity contribution in [2.75, 3.05) is 24.6 Å². The molecule has 0 saturated carbocycles. The smallest absolute Gasteiger partial charge is 0.248 e. The topological polar surface area (TPSA) is 90.4 Å². The molecule has 0 aromatic heterocycles. The van der Waals surface area contributed by atoms with Crippen molar-refractivity contribution in [2.45, 2.75) is 61.8 Å². The number of alkyl halides is 1. The van der Waals surface area contributed by atoms with Crippen LogP contribution in [0.4, 0.5) is 5.69 Å². The van der Waals surface area contributed by atoms with Gasteiger partial charge in [-0.25, -0.2) is 0 Å². The van der Waals surface area contributed by atoms with Crippen molar-refractivity contribution in [3.63, 3.8) is 0 Å². The second-order valence-corrected chi connectivity index (χ2v) is 11.6. The van der Waals surface area contributed by atoms with Crippen molar-refractivity contribution >= 4 is 39.3 Å². The molecule has 1 spiro atoms. The normalized spacial score (nSPS) is 30.8. The Morgan fingerprint density at radius 1 is 1.19 bits per heavy atom. The minimum atomic E-state index is -1.18. The van der Waals surface area contributed by atoms with Gasteiger partial charge in [0.15, 0.2) is 0 Å². The van der Waals surface area contributed by atoms with Crippen LogP contribution < -0.4 is 4.90 Å². The zero-order valence-electron chi connectivity index (χ0n) is 21.6. The fourth-order valence-corrected chi connectivity index (χ4v) is 7.22. The monoisotopic (exact) mass is 573 g/mol. The number of carbonyl (C=O) groups excluding carboxylic acids is 3. The number of fused-ring (bicyclic) bond motifs is 1. The van der Waals surface area contributed by atoms with Crippen LogP contribution in [0, 0.1) is 11.8 Å². The summed E-state index contributed by atoms with van der Waals surface area (Å²) in [4.78, 5) is 46.9. The van der Waals surface area contributed by atoms with Gasteiger partial charge in [-0.2, -0.15) is 0 Å². The second kappa shape index (κ2) is 10.7. The summed E-state index contributed by atoms with van der Waals surface area (Å²) < 4.78 is 6.59. The summed E-state index contributed by atoms with van der Waals surface area (Å²) in [6.45, 7) is 13.4. The maximum Gasteiger partial charge on any atom is 0.248 e. The highest BCUT2D eigenvalue weighted by atomic mass is 79.9. The summed E-state index contributed by atoms with van der Waals surface area (Å²) in [5.41, 5.74) is -0.479. The summed E-state index contributed by atoms with van der Waals surface area (Å²) in [6, 6.07) is 7.55. The molecule has 0 radical (unpaired) electrons. The van der Waals surface area contributed by atoms with Crippen LogP contribution in [0.5, 0.6) is 0 Å². The number of ether oxygens (including phenoxy) is 1. The Labute approximate surface area is 227 Å². The molecule has 4 rings (SSSR count). The summed E-state index contributed by atoms with van der Waals surface area (Å²) >= 11 is 3.71. The summed E-state index contributed by atoms with van der Waals surface area (Å²) in [5, 5.41) is 10.1. The van der Waals surface area contributed by atoms with Gasteiger partial charge < -0.3 is 24.5 Å². The predicted molar refractivity (Wildman–Crippen MR) is 145 cm³/mol. The van der Waals surface area contributed by atoms with Crippen LogP contribution in [0.25, 0.3) is 0 Å². The number of halogens is 1. The molecule has 1 aromatic carbocycles. The van der Waals surface area contributed by atoms with Gasteiger partial charge in [-0.05, 0) is 39.3 Å². The number of amides is 3. The lowest BCUT2D eigenvalue weighted by atomic mass is 9.70. The van der Waals surface area contributed by atoms with E-state index in [0.717, 1.165) is 0 Å². The fourth-order valence-electron chi connectivity index (χ4n) is 6.28. The van der Waals surface area contributed by atoms with E-state index in [4.69, 9.17) is 4.74 Å². The molecule has 0 aliphatic carbocycles. The van der Waals surface area contributed by atoms with E-state index in [1.807, 2.05) is 44.2 Å². The molecule has 9 heteroatoms. The Balaban J connectivity index is 1.81. The number of likely N-dealkylation sites (tertiary alicyclic amines) is 1. The number of hydrogen-bond donors (Lipinski definition) is 1. The number of nitrogens with zero attached hydrogens (tertiary/aromatic N) is 3. The molecule has 3 aliphatic rings. The van der Waals surface area contributed by atoms with Crippen LogP contribution in [-0.4, -0.2) is 87.0 Å². The van der Waals surface area contributed by atoms with E-state index in [1.165, 1.54) is 4.90 Å². The third-order valence-corrected chi connectivity index (χ3v) is 8.71. The highest BCUT2D eigenvalue weighted by molar-refractivity contribution is 9.09. The van der Waals surface area contributed by atoms with Crippen LogP contribution in [0.15, 0.2) is 55.6 Å². The van der Waals surface area contributed by atoms with E-state index >= 15 is 0 Å². The first kappa shape index (κ1) is 27.5. The SMILES string of the molecule is C=CCN(C(=O)[C@H]1[C@H]2C(=O)N([C@H](C)CO)C(C(=O)N(CC=C)C(C)C)C23CC(Br)[C@@H]1O3)c1ccccc1. The highest BCUT2D eigenvalue weighted by Crippen LogP contribution is 2.61. The molecule has 7 atom stereocenters. The molecule has 3 heterocycles. The molecular formula is C28H36BrN3O5. The summed E-state index contributed by atoms with van der Waals surface area (Å²) in [7, 11) is 0. The molecule has 2 bridgehead atoms. The molecule has 1 N–H and O–H groups in total. The summed E-state index contributed by atoms with van der Waals surface area (Å²) in [5.74, 6) is -2.45. The fraction of sp³-hybridized carbons (Fsp3) is 0.536. The van der Waals surface area contributed by atoms with Gasteiger partial charge in [-0.3, -0.25) is 14.4 Å².